The number of rotatable bonds is 11. The first-order chi connectivity index (χ1) is 22.7. The fourth-order valence-corrected chi connectivity index (χ4v) is 6.52. The van der Waals surface area contributed by atoms with Crippen molar-refractivity contribution >= 4 is 22.8 Å². The Balaban J connectivity index is 1.22. The minimum absolute atomic E-state index is 0.00796. The molecule has 0 fully saturated rings. The van der Waals surface area contributed by atoms with E-state index >= 15 is 0 Å². The smallest absolute Gasteiger partial charge is 0.186 e. The van der Waals surface area contributed by atoms with Gasteiger partial charge in [-0.25, -0.2) is 0 Å². The second kappa shape index (κ2) is 14.1. The van der Waals surface area contributed by atoms with Crippen LogP contribution in [0.5, 0.6) is 11.5 Å². The van der Waals surface area contributed by atoms with Gasteiger partial charge in [-0.3, -0.25) is 4.79 Å². The van der Waals surface area contributed by atoms with Crippen LogP contribution < -0.4 is 15.8 Å². The molecular formula is C37H42N4O6. The summed E-state index contributed by atoms with van der Waals surface area (Å²) < 4.78 is 8.29. The zero-order valence-electron chi connectivity index (χ0n) is 26.4. The molecule has 10 heteroatoms. The number of phenolic OH excluding ortho intramolecular Hbond substituents is 1. The van der Waals surface area contributed by atoms with Gasteiger partial charge in [0.25, 0.3) is 0 Å². The Morgan fingerprint density at radius 1 is 1.17 bits per heavy atom. The lowest BCUT2D eigenvalue weighted by Gasteiger charge is -2.25. The summed E-state index contributed by atoms with van der Waals surface area (Å²) in [6, 6.07) is 8.84. The SMILES string of the molecule is CCCC(O)CC(O)CC(=O)CCc1ccc(O)c(OC2CC#CC(O)c3ccc4c(c3Cc3c[nH]c5cn2cc35)C=CNC4N)c1. The Kier molecular flexibility index (Phi) is 9.71. The van der Waals surface area contributed by atoms with Gasteiger partial charge in [0, 0.05) is 43.2 Å². The van der Waals surface area contributed by atoms with Gasteiger partial charge >= 0.3 is 0 Å². The third kappa shape index (κ3) is 7.24. The molecule has 2 aromatic carbocycles. The molecule has 0 spiro atoms. The summed E-state index contributed by atoms with van der Waals surface area (Å²) in [5.41, 5.74) is 12.7. The van der Waals surface area contributed by atoms with Gasteiger partial charge in [0.1, 0.15) is 18.1 Å². The molecule has 2 aromatic heterocycles. The molecule has 0 saturated heterocycles. The Morgan fingerprint density at radius 2 is 2.00 bits per heavy atom. The van der Waals surface area contributed by atoms with Crippen molar-refractivity contribution < 1.29 is 30.0 Å². The first-order valence-electron chi connectivity index (χ1n) is 16.2. The van der Waals surface area contributed by atoms with Crippen LogP contribution in [0.4, 0.5) is 0 Å². The molecule has 6 rings (SSSR count). The number of hydrogen-bond acceptors (Lipinski definition) is 8. The molecule has 4 aromatic rings. The topological polar surface area (TPSA) is 166 Å². The highest BCUT2D eigenvalue weighted by Crippen LogP contribution is 2.36. The van der Waals surface area contributed by atoms with Gasteiger partial charge in [-0.15, -0.1) is 0 Å². The minimum atomic E-state index is -1.03. The van der Waals surface area contributed by atoms with Crippen LogP contribution in [0.3, 0.4) is 0 Å². The van der Waals surface area contributed by atoms with Crippen molar-refractivity contribution in [1.82, 2.24) is 14.9 Å². The number of carbonyl (C=O) groups excluding carboxylic acids is 1. The number of nitrogens with one attached hydrogen (secondary N) is 2. The van der Waals surface area contributed by atoms with Crippen LogP contribution in [0.2, 0.25) is 0 Å². The molecule has 8 N–H and O–H groups in total. The third-order valence-corrected chi connectivity index (χ3v) is 9.00. The number of benzene rings is 2. The maximum Gasteiger partial charge on any atom is 0.186 e. The van der Waals surface area contributed by atoms with Gasteiger partial charge in [-0.1, -0.05) is 43.4 Å². The number of nitrogens with zero attached hydrogens (tertiary/aromatic N) is 1. The highest BCUT2D eigenvalue weighted by atomic mass is 16.5. The van der Waals surface area contributed by atoms with Crippen LogP contribution in [0, 0.1) is 11.8 Å². The van der Waals surface area contributed by atoms with Crippen molar-refractivity contribution in [2.45, 2.75) is 89.0 Å². The Bertz CT molecular complexity index is 1850. The predicted molar refractivity (Wildman–Crippen MR) is 179 cm³/mol. The number of aryl methyl sites for hydroxylation is 1. The van der Waals surface area contributed by atoms with Crippen LogP contribution in [0.25, 0.3) is 17.0 Å². The third-order valence-electron chi connectivity index (χ3n) is 9.00. The van der Waals surface area contributed by atoms with Gasteiger partial charge in [0.15, 0.2) is 17.7 Å². The number of Topliss-reactive ketones (excluding diaryl/α,β-unsaturated/α-hetero) is 1. The zero-order chi connectivity index (χ0) is 33.1. The summed E-state index contributed by atoms with van der Waals surface area (Å²) in [5.74, 6) is 6.22. The largest absolute Gasteiger partial charge is 0.504 e. The number of aromatic amines is 1. The number of hydrogen-bond donors (Lipinski definition) is 7. The van der Waals surface area contributed by atoms with Crippen LogP contribution in [0.1, 0.15) is 97.3 Å². The van der Waals surface area contributed by atoms with Crippen LogP contribution >= 0.6 is 0 Å². The maximum absolute atomic E-state index is 12.6. The number of carbonyl (C=O) groups is 1. The molecule has 246 valence electrons. The molecule has 2 aliphatic heterocycles. The Hall–Kier alpha value is -4.53. The van der Waals surface area contributed by atoms with Gasteiger partial charge in [0.2, 0.25) is 0 Å². The van der Waals surface area contributed by atoms with E-state index in [0.29, 0.717) is 19.3 Å². The van der Waals surface area contributed by atoms with E-state index in [9.17, 15) is 25.2 Å². The van der Waals surface area contributed by atoms with Crippen LogP contribution in [-0.4, -0.2) is 48.0 Å². The van der Waals surface area contributed by atoms with Crippen molar-refractivity contribution in [1.29, 1.82) is 0 Å². The van der Waals surface area contributed by atoms with E-state index in [1.165, 1.54) is 0 Å². The monoisotopic (exact) mass is 638 g/mol. The summed E-state index contributed by atoms with van der Waals surface area (Å²) in [6.45, 7) is 1.96. The molecule has 2 bridgehead atoms. The second-order valence-corrected chi connectivity index (χ2v) is 12.5. The quantitative estimate of drug-likeness (QED) is 0.117. The standard InChI is InChI=1S/C37H42N4O6/c1-2-4-24(42)17-26(44)18-25(43)9-7-22-8-12-34(46)35(15-22)47-36-6-3-5-33(45)28-10-11-29-27(13-14-39-37(29)38)30(28)16-23-19-40-32-21-41(36)20-31(23)32/h8,10-15,19-21,24,26,33,36-37,39-40,42,44-46H,2,4,6-7,9,16-18,38H2,1H3. The molecule has 0 saturated carbocycles. The molecule has 5 unspecified atom stereocenters. The number of aromatic nitrogens is 2. The van der Waals surface area contributed by atoms with E-state index in [0.717, 1.165) is 50.7 Å². The number of phenols is 1. The Morgan fingerprint density at radius 3 is 2.83 bits per heavy atom. The van der Waals surface area contributed by atoms with Crippen molar-refractivity contribution in [3.63, 3.8) is 0 Å². The number of aliphatic hydroxyl groups excluding tert-OH is 3. The first-order valence-corrected chi connectivity index (χ1v) is 16.2. The first kappa shape index (κ1) is 32.4. The number of fused-ring (bicyclic) bond motifs is 4. The normalized spacial score (nSPS) is 19.8. The fourth-order valence-electron chi connectivity index (χ4n) is 6.52. The summed E-state index contributed by atoms with van der Waals surface area (Å²) in [6.07, 6.45) is 9.27. The Labute approximate surface area is 273 Å². The van der Waals surface area contributed by atoms with Crippen molar-refractivity contribution in [3.8, 4) is 23.3 Å². The van der Waals surface area contributed by atoms with Crippen molar-refractivity contribution in [3.05, 3.63) is 88.5 Å². The lowest BCUT2D eigenvalue weighted by atomic mass is 9.87. The summed E-state index contributed by atoms with van der Waals surface area (Å²) >= 11 is 0. The van der Waals surface area contributed by atoms with E-state index in [-0.39, 0.29) is 49.1 Å². The molecule has 10 nitrogen and oxygen atoms in total. The number of H-pyrrole nitrogens is 1. The predicted octanol–water partition coefficient (Wildman–Crippen LogP) is 4.62. The highest BCUT2D eigenvalue weighted by Gasteiger charge is 2.24. The number of ether oxygens (including phenoxy) is 1. The average molecular weight is 639 g/mol. The summed E-state index contributed by atoms with van der Waals surface area (Å²) in [4.78, 5) is 15.9. The second-order valence-electron chi connectivity index (χ2n) is 12.5. The molecule has 5 atom stereocenters. The molecule has 0 radical (unpaired) electrons. The summed E-state index contributed by atoms with van der Waals surface area (Å²) in [7, 11) is 0. The van der Waals surface area contributed by atoms with Crippen LogP contribution in [-0.2, 0) is 17.6 Å². The van der Waals surface area contributed by atoms with E-state index in [4.69, 9.17) is 10.5 Å². The van der Waals surface area contributed by atoms with Gasteiger partial charge in [-0.05, 0) is 77.1 Å². The zero-order valence-corrected chi connectivity index (χ0v) is 26.4. The highest BCUT2D eigenvalue weighted by molar-refractivity contribution is 5.84. The van der Waals surface area contributed by atoms with Crippen LogP contribution in [0.15, 0.2) is 55.1 Å². The molecular weight excluding hydrogens is 596 g/mol. The number of nitrogens with two attached hydrogens (primary N) is 1. The van der Waals surface area contributed by atoms with Gasteiger partial charge in [-0.2, -0.15) is 0 Å². The van der Waals surface area contributed by atoms with Gasteiger partial charge < -0.3 is 45.8 Å². The lowest BCUT2D eigenvalue weighted by Crippen LogP contribution is -2.28. The average Bonchev–Trinajstić information content (AvgIpc) is 3.62. The summed E-state index contributed by atoms with van der Waals surface area (Å²) in [5, 5.41) is 46.3. The maximum atomic E-state index is 12.6. The molecule has 47 heavy (non-hydrogen) atoms. The minimum Gasteiger partial charge on any atom is -0.504 e. The van der Waals surface area contributed by atoms with E-state index in [2.05, 4.69) is 22.1 Å². The van der Waals surface area contributed by atoms with E-state index < -0.39 is 24.5 Å². The van der Waals surface area contributed by atoms with E-state index in [1.807, 2.05) is 54.5 Å². The number of ketones is 1. The lowest BCUT2D eigenvalue weighted by molar-refractivity contribution is -0.121. The molecule has 2 aliphatic rings. The van der Waals surface area contributed by atoms with Gasteiger partial charge in [0.05, 0.1) is 24.1 Å². The molecule has 4 heterocycles. The molecule has 0 amide bonds. The fraction of sp³-hybridized carbons (Fsp3) is 0.378. The van der Waals surface area contributed by atoms with Crippen molar-refractivity contribution in [2.75, 3.05) is 0 Å². The number of aliphatic hydroxyl groups is 3. The van der Waals surface area contributed by atoms with Crippen molar-refractivity contribution in [2.24, 2.45) is 5.73 Å². The number of aromatic hydroxyl groups is 1. The molecule has 0 aliphatic carbocycles. The van der Waals surface area contributed by atoms with E-state index in [1.54, 1.807) is 18.2 Å².